The first kappa shape index (κ1) is 24.9. The van der Waals surface area contributed by atoms with E-state index in [2.05, 4.69) is 5.32 Å². The van der Waals surface area contributed by atoms with Gasteiger partial charge in [0.15, 0.2) is 0 Å². The summed E-state index contributed by atoms with van der Waals surface area (Å²) in [7, 11) is 3.79. The van der Waals surface area contributed by atoms with Crippen LogP contribution >= 0.6 is 0 Å². The molecule has 2 amide bonds. The molecule has 0 bridgehead atoms. The number of amides is 2. The summed E-state index contributed by atoms with van der Waals surface area (Å²) in [6.07, 6.45) is 0. The SMILES string of the molecule is CC(C)CN(Cc1cc(NC(=O)c2cccc(F)c2)ccc1N(C)C)C(=O)c1cccc(F)c1. The van der Waals surface area contributed by atoms with Crippen LogP contribution in [0.5, 0.6) is 0 Å². The van der Waals surface area contributed by atoms with Gasteiger partial charge < -0.3 is 15.1 Å². The monoisotopic (exact) mass is 465 g/mol. The molecule has 7 heteroatoms. The zero-order valence-corrected chi connectivity index (χ0v) is 19.8. The normalized spacial score (nSPS) is 10.8. The predicted molar refractivity (Wildman–Crippen MR) is 131 cm³/mol. The van der Waals surface area contributed by atoms with Gasteiger partial charge in [-0.15, -0.1) is 0 Å². The van der Waals surface area contributed by atoms with E-state index in [1.54, 1.807) is 23.1 Å². The number of nitrogens with zero attached hydrogens (tertiary/aromatic N) is 2. The number of nitrogens with one attached hydrogen (secondary N) is 1. The second kappa shape index (κ2) is 10.9. The van der Waals surface area contributed by atoms with Gasteiger partial charge in [-0.3, -0.25) is 9.59 Å². The molecule has 34 heavy (non-hydrogen) atoms. The third-order valence-electron chi connectivity index (χ3n) is 5.21. The van der Waals surface area contributed by atoms with Gasteiger partial charge in [-0.1, -0.05) is 26.0 Å². The van der Waals surface area contributed by atoms with Crippen LogP contribution in [0.15, 0.2) is 66.7 Å². The summed E-state index contributed by atoms with van der Waals surface area (Å²) in [4.78, 5) is 29.4. The Kier molecular flexibility index (Phi) is 7.99. The van der Waals surface area contributed by atoms with Gasteiger partial charge in [0.2, 0.25) is 0 Å². The molecule has 0 atom stereocenters. The summed E-state index contributed by atoms with van der Waals surface area (Å²) in [5.41, 5.74) is 2.71. The summed E-state index contributed by atoms with van der Waals surface area (Å²) in [6.45, 7) is 4.76. The van der Waals surface area contributed by atoms with Gasteiger partial charge in [0.05, 0.1) is 0 Å². The van der Waals surface area contributed by atoms with Crippen LogP contribution in [0.2, 0.25) is 0 Å². The Bertz CT molecular complexity index is 1180. The molecule has 0 spiro atoms. The predicted octanol–water partition coefficient (Wildman–Crippen LogP) is 5.58. The Labute approximate surface area is 199 Å². The highest BCUT2D eigenvalue weighted by molar-refractivity contribution is 6.04. The minimum atomic E-state index is -0.489. The molecule has 1 N–H and O–H groups in total. The molecule has 0 aliphatic carbocycles. The van der Waals surface area contributed by atoms with Crippen molar-refractivity contribution < 1.29 is 18.4 Å². The summed E-state index contributed by atoms with van der Waals surface area (Å²) in [5.74, 6) is -1.47. The van der Waals surface area contributed by atoms with Crippen molar-refractivity contribution in [1.29, 1.82) is 0 Å². The van der Waals surface area contributed by atoms with Gasteiger partial charge in [0.25, 0.3) is 11.8 Å². The standard InChI is InChI=1S/C27H29F2N3O2/c1-18(2)16-32(27(34)20-8-6-10-23(29)14-20)17-21-15-24(11-12-25(21)31(3)4)30-26(33)19-7-5-9-22(28)13-19/h5-15,18H,16-17H2,1-4H3,(H,30,33). The van der Waals surface area contributed by atoms with Crippen LogP contribution in [0.4, 0.5) is 20.2 Å². The highest BCUT2D eigenvalue weighted by Gasteiger charge is 2.20. The van der Waals surface area contributed by atoms with Crippen molar-refractivity contribution >= 4 is 23.2 Å². The first-order chi connectivity index (χ1) is 16.1. The molecule has 5 nitrogen and oxygen atoms in total. The van der Waals surface area contributed by atoms with Crippen molar-refractivity contribution in [3.63, 3.8) is 0 Å². The topological polar surface area (TPSA) is 52.7 Å². The highest BCUT2D eigenvalue weighted by atomic mass is 19.1. The number of hydrogen-bond acceptors (Lipinski definition) is 3. The van der Waals surface area contributed by atoms with E-state index in [9.17, 15) is 18.4 Å². The lowest BCUT2D eigenvalue weighted by Gasteiger charge is -2.28. The van der Waals surface area contributed by atoms with Crippen molar-refractivity contribution in [1.82, 2.24) is 4.90 Å². The Morgan fingerprint density at radius 1 is 0.882 bits per heavy atom. The molecule has 3 aromatic carbocycles. The summed E-state index contributed by atoms with van der Waals surface area (Å²) < 4.78 is 27.3. The van der Waals surface area contributed by atoms with E-state index >= 15 is 0 Å². The lowest BCUT2D eigenvalue weighted by Crippen LogP contribution is -2.34. The molecule has 0 fully saturated rings. The first-order valence-corrected chi connectivity index (χ1v) is 11.1. The Morgan fingerprint density at radius 3 is 2.09 bits per heavy atom. The fourth-order valence-corrected chi connectivity index (χ4v) is 3.73. The molecule has 0 aliphatic rings. The summed E-state index contributed by atoms with van der Waals surface area (Å²) in [5, 5.41) is 2.80. The van der Waals surface area contributed by atoms with Gasteiger partial charge in [-0.25, -0.2) is 8.78 Å². The zero-order chi connectivity index (χ0) is 24.8. The maximum atomic E-state index is 13.7. The van der Waals surface area contributed by atoms with Gasteiger partial charge in [-0.2, -0.15) is 0 Å². The second-order valence-corrected chi connectivity index (χ2v) is 8.79. The van der Waals surface area contributed by atoms with E-state index in [0.29, 0.717) is 12.2 Å². The largest absolute Gasteiger partial charge is 0.377 e. The Morgan fingerprint density at radius 2 is 1.50 bits per heavy atom. The number of halogens is 2. The number of hydrogen-bond donors (Lipinski definition) is 1. The molecule has 0 unspecified atom stereocenters. The molecular weight excluding hydrogens is 436 g/mol. The van der Waals surface area contributed by atoms with Crippen molar-refractivity contribution in [3.05, 3.63) is 95.1 Å². The molecule has 0 aromatic heterocycles. The third-order valence-corrected chi connectivity index (χ3v) is 5.21. The van der Waals surface area contributed by atoms with Crippen molar-refractivity contribution in [2.45, 2.75) is 20.4 Å². The fourth-order valence-electron chi connectivity index (χ4n) is 3.73. The van der Waals surface area contributed by atoms with E-state index in [4.69, 9.17) is 0 Å². The van der Waals surface area contributed by atoms with Crippen LogP contribution in [0.25, 0.3) is 0 Å². The van der Waals surface area contributed by atoms with Crippen LogP contribution in [-0.4, -0.2) is 37.4 Å². The number of benzene rings is 3. The maximum absolute atomic E-state index is 13.7. The van der Waals surface area contributed by atoms with Crippen LogP contribution < -0.4 is 10.2 Å². The number of anilines is 2. The van der Waals surface area contributed by atoms with Crippen LogP contribution in [0.1, 0.15) is 40.1 Å². The summed E-state index contributed by atoms with van der Waals surface area (Å²) in [6, 6.07) is 16.5. The quantitative estimate of drug-likeness (QED) is 0.472. The van der Waals surface area contributed by atoms with E-state index < -0.39 is 17.5 Å². The molecule has 0 saturated carbocycles. The van der Waals surface area contributed by atoms with Gasteiger partial charge >= 0.3 is 0 Å². The van der Waals surface area contributed by atoms with Crippen LogP contribution in [0, 0.1) is 17.6 Å². The molecule has 0 radical (unpaired) electrons. The van der Waals surface area contributed by atoms with Gasteiger partial charge in [0, 0.05) is 49.7 Å². The molecule has 178 valence electrons. The molecule has 3 rings (SSSR count). The zero-order valence-electron chi connectivity index (χ0n) is 19.8. The second-order valence-electron chi connectivity index (χ2n) is 8.79. The number of rotatable bonds is 8. The molecule has 3 aromatic rings. The highest BCUT2D eigenvalue weighted by Crippen LogP contribution is 2.26. The van der Waals surface area contributed by atoms with Crippen molar-refractivity contribution in [2.75, 3.05) is 30.9 Å². The molecule has 0 heterocycles. The Balaban J connectivity index is 1.91. The van der Waals surface area contributed by atoms with Crippen LogP contribution in [0.3, 0.4) is 0 Å². The van der Waals surface area contributed by atoms with E-state index in [-0.39, 0.29) is 29.5 Å². The van der Waals surface area contributed by atoms with Crippen LogP contribution in [-0.2, 0) is 6.54 Å². The van der Waals surface area contributed by atoms with Gasteiger partial charge in [0.1, 0.15) is 11.6 Å². The number of carbonyl (C=O) groups excluding carboxylic acids is 2. The minimum absolute atomic E-state index is 0.191. The van der Waals surface area contributed by atoms with Crippen molar-refractivity contribution in [3.8, 4) is 0 Å². The first-order valence-electron chi connectivity index (χ1n) is 11.1. The summed E-state index contributed by atoms with van der Waals surface area (Å²) >= 11 is 0. The molecule has 0 aliphatic heterocycles. The molecule has 0 saturated heterocycles. The van der Waals surface area contributed by atoms with E-state index in [0.717, 1.165) is 11.3 Å². The van der Waals surface area contributed by atoms with E-state index in [1.807, 2.05) is 38.9 Å². The van der Waals surface area contributed by atoms with Crippen molar-refractivity contribution in [2.24, 2.45) is 5.92 Å². The molecular formula is C27H29F2N3O2. The number of carbonyl (C=O) groups is 2. The third kappa shape index (κ3) is 6.41. The maximum Gasteiger partial charge on any atom is 0.255 e. The minimum Gasteiger partial charge on any atom is -0.377 e. The Hall–Kier alpha value is -3.74. The van der Waals surface area contributed by atoms with E-state index in [1.165, 1.54) is 42.5 Å². The fraction of sp³-hybridized carbons (Fsp3) is 0.259. The smallest absolute Gasteiger partial charge is 0.255 e. The van der Waals surface area contributed by atoms with Gasteiger partial charge in [-0.05, 0) is 66.1 Å². The lowest BCUT2D eigenvalue weighted by molar-refractivity contribution is 0.0722. The lowest BCUT2D eigenvalue weighted by atomic mass is 10.1. The average molecular weight is 466 g/mol. The average Bonchev–Trinajstić information content (AvgIpc) is 2.77.